The van der Waals surface area contributed by atoms with Crippen molar-refractivity contribution in [1.29, 1.82) is 0 Å². The molecule has 2 heterocycles. The Bertz CT molecular complexity index is 1640. The minimum Gasteiger partial charge on any atom is -0.328 e. The Balaban J connectivity index is 1.57. The van der Waals surface area contributed by atoms with Crippen molar-refractivity contribution >= 4 is 40.4 Å². The van der Waals surface area contributed by atoms with Crippen LogP contribution in [0.1, 0.15) is 35.6 Å². The molecule has 0 radical (unpaired) electrons. The summed E-state index contributed by atoms with van der Waals surface area (Å²) in [5.74, 6) is 0. The van der Waals surface area contributed by atoms with Crippen LogP contribution in [0.3, 0.4) is 0 Å². The van der Waals surface area contributed by atoms with E-state index in [9.17, 15) is 0 Å². The second-order valence-corrected chi connectivity index (χ2v) is 11.3. The number of hydrogen-bond donors (Lipinski definition) is 0. The molecule has 3 aliphatic rings. The molecule has 2 aliphatic heterocycles. The fourth-order valence-electron chi connectivity index (χ4n) is 6.60. The van der Waals surface area contributed by atoms with Crippen molar-refractivity contribution in [1.82, 2.24) is 0 Å². The van der Waals surface area contributed by atoms with Gasteiger partial charge in [0.15, 0.2) is 0 Å². The Morgan fingerprint density at radius 1 is 0.711 bits per heavy atom. The van der Waals surface area contributed by atoms with E-state index < -0.39 is 0 Å². The van der Waals surface area contributed by atoms with Gasteiger partial charge >= 0.3 is 0 Å². The molecule has 0 aromatic heterocycles. The Kier molecular flexibility index (Phi) is 5.10. The van der Waals surface area contributed by atoms with Crippen molar-refractivity contribution in [2.24, 2.45) is 0 Å². The third-order valence-corrected chi connectivity index (χ3v) is 8.33. The number of nitrogens with zero attached hydrogens (tertiary/aromatic N) is 2. The Morgan fingerprint density at radius 3 is 2.08 bits per heavy atom. The summed E-state index contributed by atoms with van der Waals surface area (Å²) in [6.45, 7) is 11.1. The highest BCUT2D eigenvalue weighted by molar-refractivity contribution is 6.94. The van der Waals surface area contributed by atoms with Gasteiger partial charge in [0.1, 0.15) is 0 Å². The average molecular weight is 490 g/mol. The number of allylic oxidation sites excluding steroid dienone is 1. The lowest BCUT2D eigenvalue weighted by Gasteiger charge is -2.50. The number of aryl methyl sites for hydroxylation is 4. The molecule has 0 bridgehead atoms. The minimum atomic E-state index is 0.192. The summed E-state index contributed by atoms with van der Waals surface area (Å²) in [6, 6.07) is 34.5. The molecule has 0 N–H and O–H groups in total. The lowest BCUT2D eigenvalue weighted by Crippen LogP contribution is -2.61. The van der Waals surface area contributed by atoms with Crippen molar-refractivity contribution in [2.75, 3.05) is 9.80 Å². The van der Waals surface area contributed by atoms with Gasteiger partial charge in [0.2, 0.25) is 6.71 Å². The van der Waals surface area contributed by atoms with Crippen LogP contribution in [-0.4, -0.2) is 12.8 Å². The second-order valence-electron chi connectivity index (χ2n) is 11.3. The first kappa shape index (κ1) is 23.0. The largest absolute Gasteiger partial charge is 0.328 e. The lowest BCUT2D eigenvalue weighted by atomic mass is 9.31. The second kappa shape index (κ2) is 8.43. The topological polar surface area (TPSA) is 6.48 Å². The molecule has 0 saturated carbocycles. The van der Waals surface area contributed by atoms with E-state index in [1.165, 1.54) is 61.4 Å². The molecule has 1 unspecified atom stereocenters. The molecule has 0 spiro atoms. The first-order valence-corrected chi connectivity index (χ1v) is 13.6. The smallest absolute Gasteiger partial charge is 0.248 e. The van der Waals surface area contributed by atoms with Crippen molar-refractivity contribution < 1.29 is 0 Å². The Morgan fingerprint density at radius 2 is 1.37 bits per heavy atom. The van der Waals surface area contributed by atoms with Gasteiger partial charge in [-0.3, -0.25) is 0 Å². The van der Waals surface area contributed by atoms with Gasteiger partial charge in [0.05, 0.1) is 11.7 Å². The third-order valence-electron chi connectivity index (χ3n) is 8.33. The van der Waals surface area contributed by atoms with Gasteiger partial charge in [-0.2, -0.15) is 0 Å². The van der Waals surface area contributed by atoms with Gasteiger partial charge < -0.3 is 9.80 Å². The van der Waals surface area contributed by atoms with E-state index in [0.717, 1.165) is 17.7 Å². The van der Waals surface area contributed by atoms with E-state index in [0.29, 0.717) is 0 Å². The number of hydrogen-bond acceptors (Lipinski definition) is 2. The van der Waals surface area contributed by atoms with Crippen LogP contribution in [0.15, 0.2) is 95.6 Å². The molecular weight excluding hydrogens is 459 g/mol. The number of rotatable bonds is 2. The molecule has 184 valence electrons. The first-order valence-electron chi connectivity index (χ1n) is 13.6. The standard InChI is InChI=1S/C35H31BN2/c1-22-6-12-27(13-7-22)37-31-16-10-24(3)18-29(31)36-30-19-25(4)11-17-32(30)38(28-14-8-23(2)9-15-28)34-21-26(5)20-33(37)35(34)36/h6-10,12-16,18-20,34H,21H2,1-5H3. The van der Waals surface area contributed by atoms with Gasteiger partial charge in [0.25, 0.3) is 0 Å². The molecule has 38 heavy (non-hydrogen) atoms. The number of fused-ring (bicyclic) bond motifs is 4. The number of benzene rings is 3. The quantitative estimate of drug-likeness (QED) is 0.281. The van der Waals surface area contributed by atoms with Crippen molar-refractivity contribution in [3.63, 3.8) is 0 Å². The van der Waals surface area contributed by atoms with E-state index >= 15 is 0 Å². The van der Waals surface area contributed by atoms with Crippen LogP contribution in [0.4, 0.5) is 22.7 Å². The van der Waals surface area contributed by atoms with Gasteiger partial charge in [-0.1, -0.05) is 70.8 Å². The molecule has 4 aromatic carbocycles. The molecular formula is C35H31BN2. The predicted molar refractivity (Wildman–Crippen MR) is 161 cm³/mol. The first-order chi connectivity index (χ1) is 18.4. The van der Waals surface area contributed by atoms with E-state index in [1.54, 1.807) is 0 Å². The SMILES string of the molecule is CC1=CC2=C3B(c4cc(C)c#cc4N(c4ccc(C)cc4)C3C1)c1cc(C)ccc1N2c1ccc(C)cc1. The normalized spacial score (nSPS) is 17.4. The van der Waals surface area contributed by atoms with Crippen molar-refractivity contribution in [3.8, 4) is 0 Å². The van der Waals surface area contributed by atoms with Crippen LogP contribution in [0, 0.1) is 39.8 Å². The zero-order chi connectivity index (χ0) is 26.1. The summed E-state index contributed by atoms with van der Waals surface area (Å²) in [6.07, 6.45) is 3.43. The summed E-state index contributed by atoms with van der Waals surface area (Å²) in [5.41, 5.74) is 16.7. The van der Waals surface area contributed by atoms with Crippen molar-refractivity contribution in [3.05, 3.63) is 130 Å². The molecule has 0 fully saturated rings. The monoisotopic (exact) mass is 490 g/mol. The maximum Gasteiger partial charge on any atom is 0.248 e. The summed E-state index contributed by atoms with van der Waals surface area (Å²) in [4.78, 5) is 5.03. The molecule has 1 aliphatic carbocycles. The van der Waals surface area contributed by atoms with Gasteiger partial charge in [-0.05, 0) is 105 Å². The van der Waals surface area contributed by atoms with Gasteiger partial charge in [-0.25, -0.2) is 0 Å². The van der Waals surface area contributed by atoms with Crippen LogP contribution >= 0.6 is 0 Å². The molecule has 7 rings (SSSR count). The summed E-state index contributed by atoms with van der Waals surface area (Å²) in [7, 11) is 0. The summed E-state index contributed by atoms with van der Waals surface area (Å²) in [5, 5.41) is 0. The third kappa shape index (κ3) is 3.44. The molecule has 1 atom stereocenters. The van der Waals surface area contributed by atoms with E-state index in [2.05, 4.69) is 135 Å². The highest BCUT2D eigenvalue weighted by atomic mass is 15.2. The number of anilines is 4. The molecule has 4 aromatic rings. The summed E-state index contributed by atoms with van der Waals surface area (Å²) >= 11 is 0. The highest BCUT2D eigenvalue weighted by Gasteiger charge is 2.48. The molecule has 2 nitrogen and oxygen atoms in total. The highest BCUT2D eigenvalue weighted by Crippen LogP contribution is 2.46. The predicted octanol–water partition coefficient (Wildman–Crippen LogP) is 6.94. The maximum atomic E-state index is 3.61. The minimum absolute atomic E-state index is 0.192. The van der Waals surface area contributed by atoms with E-state index in [4.69, 9.17) is 0 Å². The van der Waals surface area contributed by atoms with Crippen LogP contribution in [0.2, 0.25) is 0 Å². The Labute approximate surface area is 227 Å². The Hall–Kier alpha value is -4.16. The van der Waals surface area contributed by atoms with E-state index in [-0.39, 0.29) is 12.8 Å². The maximum absolute atomic E-state index is 3.61. The van der Waals surface area contributed by atoms with Crippen LogP contribution < -0.4 is 20.7 Å². The van der Waals surface area contributed by atoms with E-state index in [1.807, 2.05) is 0 Å². The fraction of sp³-hybridized carbons (Fsp3) is 0.200. The summed E-state index contributed by atoms with van der Waals surface area (Å²) < 4.78 is 0. The van der Waals surface area contributed by atoms with Crippen LogP contribution in [0.25, 0.3) is 0 Å². The van der Waals surface area contributed by atoms with Crippen LogP contribution in [0.5, 0.6) is 0 Å². The zero-order valence-corrected chi connectivity index (χ0v) is 22.8. The van der Waals surface area contributed by atoms with Crippen molar-refractivity contribution in [2.45, 2.75) is 47.1 Å². The molecule has 0 amide bonds. The zero-order valence-electron chi connectivity index (χ0n) is 22.8. The van der Waals surface area contributed by atoms with Gasteiger partial charge in [-0.15, -0.1) is 0 Å². The van der Waals surface area contributed by atoms with Crippen LogP contribution in [-0.2, 0) is 0 Å². The van der Waals surface area contributed by atoms with Gasteiger partial charge in [0, 0.05) is 22.8 Å². The molecule has 3 heteroatoms. The fourth-order valence-corrected chi connectivity index (χ4v) is 6.60. The average Bonchev–Trinajstić information content (AvgIpc) is 2.90. The molecule has 0 saturated heterocycles. The lowest BCUT2D eigenvalue weighted by molar-refractivity contribution is 0.726.